The first-order valence-corrected chi connectivity index (χ1v) is 4.84. The number of nitrogens with one attached hydrogen (secondary N) is 2. The van der Waals surface area contributed by atoms with E-state index in [0.717, 1.165) is 29.9 Å². The van der Waals surface area contributed by atoms with Crippen molar-refractivity contribution in [1.29, 1.82) is 5.26 Å². The second kappa shape index (κ2) is 5.53. The number of thiol groups is 1. The average molecular weight is 207 g/mol. The molecule has 0 radical (unpaired) electrons. The van der Waals surface area contributed by atoms with Gasteiger partial charge in [-0.25, -0.2) is 0 Å². The van der Waals surface area contributed by atoms with Crippen molar-refractivity contribution in [2.75, 3.05) is 18.4 Å². The number of hydrogen-bond donors (Lipinski definition) is 3. The van der Waals surface area contributed by atoms with Crippen LogP contribution < -0.4 is 10.0 Å². The van der Waals surface area contributed by atoms with Crippen molar-refractivity contribution in [1.82, 2.24) is 4.72 Å². The second-order valence-corrected chi connectivity index (χ2v) is 3.29. The SMILES string of the molecule is Cc1cc(NCCNS)ccc1C#N. The smallest absolute Gasteiger partial charge is 0.0994 e. The maximum absolute atomic E-state index is 8.73. The molecule has 0 fully saturated rings. The molecule has 0 saturated heterocycles. The Bertz CT molecular complexity index is 344. The van der Waals surface area contributed by atoms with E-state index in [4.69, 9.17) is 5.26 Å². The lowest BCUT2D eigenvalue weighted by Crippen LogP contribution is -2.14. The molecule has 4 heteroatoms. The molecule has 3 nitrogen and oxygen atoms in total. The third-order valence-electron chi connectivity index (χ3n) is 1.91. The lowest BCUT2D eigenvalue weighted by molar-refractivity contribution is 0.962. The van der Waals surface area contributed by atoms with Crippen molar-refractivity contribution in [3.63, 3.8) is 0 Å². The van der Waals surface area contributed by atoms with Crippen LogP contribution in [0, 0.1) is 18.3 Å². The fourth-order valence-electron chi connectivity index (χ4n) is 1.16. The topological polar surface area (TPSA) is 47.8 Å². The van der Waals surface area contributed by atoms with E-state index in [-0.39, 0.29) is 0 Å². The second-order valence-electron chi connectivity index (χ2n) is 2.98. The number of aryl methyl sites for hydroxylation is 1. The van der Waals surface area contributed by atoms with Gasteiger partial charge < -0.3 is 5.32 Å². The van der Waals surface area contributed by atoms with Gasteiger partial charge in [0.05, 0.1) is 11.6 Å². The Hall–Kier alpha value is -1.18. The summed E-state index contributed by atoms with van der Waals surface area (Å²) in [5.41, 5.74) is 2.75. The maximum Gasteiger partial charge on any atom is 0.0994 e. The van der Waals surface area contributed by atoms with Crippen LogP contribution in [0.5, 0.6) is 0 Å². The van der Waals surface area contributed by atoms with Gasteiger partial charge in [-0.15, -0.1) is 0 Å². The third-order valence-corrected chi connectivity index (χ3v) is 2.14. The number of nitriles is 1. The fourth-order valence-corrected chi connectivity index (χ4v) is 1.27. The van der Waals surface area contributed by atoms with Crippen molar-refractivity contribution in [2.24, 2.45) is 0 Å². The van der Waals surface area contributed by atoms with E-state index >= 15 is 0 Å². The Balaban J connectivity index is 2.63. The molecule has 1 rings (SSSR count). The van der Waals surface area contributed by atoms with Crippen LogP contribution in [0.15, 0.2) is 18.2 Å². The van der Waals surface area contributed by atoms with Gasteiger partial charge in [0.15, 0.2) is 0 Å². The Morgan fingerprint density at radius 2 is 2.21 bits per heavy atom. The summed E-state index contributed by atoms with van der Waals surface area (Å²) >= 11 is 3.89. The van der Waals surface area contributed by atoms with Gasteiger partial charge >= 0.3 is 0 Å². The summed E-state index contributed by atoms with van der Waals surface area (Å²) in [4.78, 5) is 0. The molecular formula is C10H13N3S. The molecule has 2 N–H and O–H groups in total. The van der Waals surface area contributed by atoms with Gasteiger partial charge in [0.25, 0.3) is 0 Å². The number of hydrogen-bond acceptors (Lipinski definition) is 4. The van der Waals surface area contributed by atoms with Gasteiger partial charge in [-0.05, 0) is 30.7 Å². The van der Waals surface area contributed by atoms with Crippen molar-refractivity contribution in [3.8, 4) is 6.07 Å². The third kappa shape index (κ3) is 2.95. The van der Waals surface area contributed by atoms with Gasteiger partial charge in [-0.3, -0.25) is 4.72 Å². The normalized spacial score (nSPS) is 9.50. The lowest BCUT2D eigenvalue weighted by Gasteiger charge is -2.06. The van der Waals surface area contributed by atoms with E-state index in [0.29, 0.717) is 0 Å². The molecule has 0 aliphatic carbocycles. The molecule has 1 aromatic rings. The van der Waals surface area contributed by atoms with Crippen molar-refractivity contribution in [3.05, 3.63) is 29.3 Å². The molecule has 0 saturated carbocycles. The molecule has 0 aliphatic rings. The molecule has 0 amide bonds. The predicted molar refractivity (Wildman–Crippen MR) is 61.4 cm³/mol. The summed E-state index contributed by atoms with van der Waals surface area (Å²) in [6.07, 6.45) is 0. The Kier molecular flexibility index (Phi) is 4.30. The molecule has 0 unspecified atom stereocenters. The number of benzene rings is 1. The van der Waals surface area contributed by atoms with Crippen molar-refractivity contribution < 1.29 is 0 Å². The van der Waals surface area contributed by atoms with Crippen LogP contribution in [-0.2, 0) is 0 Å². The van der Waals surface area contributed by atoms with Crippen LogP contribution in [0.4, 0.5) is 5.69 Å². The lowest BCUT2D eigenvalue weighted by atomic mass is 10.1. The minimum absolute atomic E-state index is 0.725. The first-order valence-electron chi connectivity index (χ1n) is 4.39. The Morgan fingerprint density at radius 3 is 2.79 bits per heavy atom. The zero-order valence-electron chi connectivity index (χ0n) is 8.04. The largest absolute Gasteiger partial charge is 0.384 e. The van der Waals surface area contributed by atoms with Crippen LogP contribution in [0.25, 0.3) is 0 Å². The van der Waals surface area contributed by atoms with Crippen LogP contribution in [0.1, 0.15) is 11.1 Å². The molecule has 0 aromatic heterocycles. The highest BCUT2D eigenvalue weighted by Crippen LogP contribution is 2.13. The Labute approximate surface area is 89.7 Å². The van der Waals surface area contributed by atoms with Gasteiger partial charge in [0, 0.05) is 18.8 Å². The number of rotatable bonds is 4. The summed E-state index contributed by atoms with van der Waals surface area (Å²) < 4.78 is 2.75. The van der Waals surface area contributed by atoms with Crippen LogP contribution >= 0.6 is 12.8 Å². The van der Waals surface area contributed by atoms with Gasteiger partial charge in [-0.2, -0.15) is 5.26 Å². The maximum atomic E-state index is 8.73. The monoisotopic (exact) mass is 207 g/mol. The minimum atomic E-state index is 0.725. The van der Waals surface area contributed by atoms with Gasteiger partial charge in [-0.1, -0.05) is 12.8 Å². The highest BCUT2D eigenvalue weighted by atomic mass is 32.1. The zero-order valence-corrected chi connectivity index (χ0v) is 8.94. The molecule has 14 heavy (non-hydrogen) atoms. The summed E-state index contributed by atoms with van der Waals surface area (Å²) in [5, 5.41) is 11.9. The van der Waals surface area contributed by atoms with Crippen molar-refractivity contribution >= 4 is 18.5 Å². The molecule has 0 heterocycles. The summed E-state index contributed by atoms with van der Waals surface area (Å²) in [7, 11) is 0. The van der Waals surface area contributed by atoms with E-state index in [9.17, 15) is 0 Å². The van der Waals surface area contributed by atoms with Crippen LogP contribution in [0.3, 0.4) is 0 Å². The standard InChI is InChI=1S/C10H13N3S/c1-8-6-10(12-4-5-13-14)3-2-9(8)7-11/h2-3,6,12-14H,4-5H2,1H3. The van der Waals surface area contributed by atoms with Crippen molar-refractivity contribution in [2.45, 2.75) is 6.92 Å². The number of anilines is 1. The molecule has 1 aromatic carbocycles. The summed E-state index contributed by atoms with van der Waals surface area (Å²) in [5.74, 6) is 0. The van der Waals surface area contributed by atoms with E-state index in [2.05, 4.69) is 28.9 Å². The highest BCUT2D eigenvalue weighted by Gasteiger charge is 1.97. The zero-order chi connectivity index (χ0) is 10.4. The Morgan fingerprint density at radius 1 is 1.43 bits per heavy atom. The first-order chi connectivity index (χ1) is 6.77. The molecule has 0 aliphatic heterocycles. The summed E-state index contributed by atoms with van der Waals surface area (Å²) in [6, 6.07) is 7.84. The molecule has 0 spiro atoms. The molecule has 0 atom stereocenters. The van der Waals surface area contributed by atoms with Crippen LogP contribution in [0.2, 0.25) is 0 Å². The minimum Gasteiger partial charge on any atom is -0.384 e. The average Bonchev–Trinajstić information content (AvgIpc) is 2.18. The summed E-state index contributed by atoms with van der Waals surface area (Å²) in [6.45, 7) is 3.54. The van der Waals surface area contributed by atoms with Gasteiger partial charge in [0.2, 0.25) is 0 Å². The van der Waals surface area contributed by atoms with Crippen LogP contribution in [-0.4, -0.2) is 13.1 Å². The van der Waals surface area contributed by atoms with E-state index < -0.39 is 0 Å². The van der Waals surface area contributed by atoms with E-state index in [1.807, 2.05) is 25.1 Å². The first kappa shape index (κ1) is 10.9. The van der Waals surface area contributed by atoms with Gasteiger partial charge in [0.1, 0.15) is 0 Å². The molecule has 0 bridgehead atoms. The molecular weight excluding hydrogens is 194 g/mol. The number of nitrogens with zero attached hydrogens (tertiary/aromatic N) is 1. The highest BCUT2D eigenvalue weighted by molar-refractivity contribution is 7.78. The van der Waals surface area contributed by atoms with E-state index in [1.54, 1.807) is 0 Å². The fraction of sp³-hybridized carbons (Fsp3) is 0.300. The van der Waals surface area contributed by atoms with E-state index in [1.165, 1.54) is 0 Å². The quantitative estimate of drug-likeness (QED) is 0.520. The predicted octanol–water partition coefficient (Wildman–Crippen LogP) is 1.71. The molecule has 74 valence electrons.